The molecule has 0 aliphatic carbocycles. The number of benzene rings is 1. The molecule has 0 saturated carbocycles. The van der Waals surface area contributed by atoms with E-state index in [1.54, 1.807) is 0 Å². The van der Waals surface area contributed by atoms with Crippen molar-refractivity contribution in [2.75, 3.05) is 18.9 Å². The summed E-state index contributed by atoms with van der Waals surface area (Å²) in [7, 11) is 1.38. The van der Waals surface area contributed by atoms with Crippen LogP contribution in [0.2, 0.25) is 0 Å². The maximum atomic E-state index is 12.6. The Hall–Kier alpha value is -2.25. The molecule has 3 amide bonds. The molecule has 1 rings (SSSR count). The zero-order valence-corrected chi connectivity index (χ0v) is 9.97. The summed E-state index contributed by atoms with van der Waals surface area (Å²) in [6.07, 6.45) is -4.56. The number of amides is 3. The third kappa shape index (κ3) is 4.49. The summed E-state index contributed by atoms with van der Waals surface area (Å²) in [6.45, 7) is -0.323. The zero-order valence-electron chi connectivity index (χ0n) is 9.97. The van der Waals surface area contributed by atoms with Gasteiger partial charge in [0.2, 0.25) is 5.91 Å². The van der Waals surface area contributed by atoms with Gasteiger partial charge in [0.15, 0.2) is 0 Å². The molecule has 5 nitrogen and oxygen atoms in total. The summed E-state index contributed by atoms with van der Waals surface area (Å²) in [5.74, 6) is -0.459. The van der Waals surface area contributed by atoms with Crippen molar-refractivity contribution in [2.45, 2.75) is 6.18 Å². The van der Waals surface area contributed by atoms with Crippen LogP contribution < -0.4 is 16.0 Å². The van der Waals surface area contributed by atoms with Gasteiger partial charge in [-0.3, -0.25) is 4.79 Å². The topological polar surface area (TPSA) is 70.2 Å². The molecule has 0 unspecified atom stereocenters. The Bertz CT molecular complexity index is 474. The summed E-state index contributed by atoms with van der Waals surface area (Å²) < 4.78 is 37.9. The number of likely N-dealkylation sites (N-methyl/N-ethyl adjacent to an activating group) is 1. The molecule has 0 saturated heterocycles. The first-order valence-electron chi connectivity index (χ1n) is 5.26. The highest BCUT2D eigenvalue weighted by Gasteiger charge is 2.33. The van der Waals surface area contributed by atoms with Gasteiger partial charge in [0.05, 0.1) is 17.8 Å². The van der Waals surface area contributed by atoms with Crippen LogP contribution in [0.25, 0.3) is 0 Å². The van der Waals surface area contributed by atoms with Crippen molar-refractivity contribution in [3.05, 3.63) is 29.8 Å². The van der Waals surface area contributed by atoms with Crippen LogP contribution in [0.1, 0.15) is 5.56 Å². The molecule has 0 aliphatic rings. The van der Waals surface area contributed by atoms with E-state index >= 15 is 0 Å². The molecule has 0 bridgehead atoms. The van der Waals surface area contributed by atoms with E-state index in [2.05, 4.69) is 10.6 Å². The molecule has 19 heavy (non-hydrogen) atoms. The van der Waals surface area contributed by atoms with Gasteiger partial charge in [0.25, 0.3) is 0 Å². The van der Waals surface area contributed by atoms with Crippen molar-refractivity contribution in [2.24, 2.45) is 0 Å². The van der Waals surface area contributed by atoms with Crippen molar-refractivity contribution >= 4 is 17.6 Å². The van der Waals surface area contributed by atoms with Crippen molar-refractivity contribution < 1.29 is 22.8 Å². The fourth-order valence-corrected chi connectivity index (χ4v) is 1.25. The van der Waals surface area contributed by atoms with E-state index in [-0.39, 0.29) is 12.2 Å². The smallest absolute Gasteiger partial charge is 0.358 e. The average Bonchev–Trinajstić information content (AvgIpc) is 2.35. The van der Waals surface area contributed by atoms with Gasteiger partial charge in [0, 0.05) is 7.05 Å². The SMILES string of the molecule is CNC(=O)CNC(=O)Nc1ccccc1C(F)(F)F. The van der Waals surface area contributed by atoms with Gasteiger partial charge in [0.1, 0.15) is 0 Å². The van der Waals surface area contributed by atoms with E-state index in [0.717, 1.165) is 12.1 Å². The minimum Gasteiger partial charge on any atom is -0.358 e. The van der Waals surface area contributed by atoms with Gasteiger partial charge in [-0.25, -0.2) is 4.79 Å². The molecule has 1 aromatic carbocycles. The molecule has 0 aromatic heterocycles. The maximum absolute atomic E-state index is 12.6. The van der Waals surface area contributed by atoms with Gasteiger partial charge in [-0.2, -0.15) is 13.2 Å². The summed E-state index contributed by atoms with van der Waals surface area (Å²) in [6, 6.07) is 3.68. The van der Waals surface area contributed by atoms with Crippen LogP contribution in [0.3, 0.4) is 0 Å². The summed E-state index contributed by atoms with van der Waals surface area (Å²) in [5.41, 5.74) is -1.32. The lowest BCUT2D eigenvalue weighted by Gasteiger charge is -2.13. The summed E-state index contributed by atoms with van der Waals surface area (Å²) in [4.78, 5) is 22.2. The van der Waals surface area contributed by atoms with Crippen LogP contribution in [0.15, 0.2) is 24.3 Å². The fourth-order valence-electron chi connectivity index (χ4n) is 1.25. The van der Waals surface area contributed by atoms with E-state index in [0.29, 0.717) is 0 Å². The molecule has 0 radical (unpaired) electrons. The Morgan fingerprint density at radius 1 is 1.21 bits per heavy atom. The lowest BCUT2D eigenvalue weighted by Crippen LogP contribution is -2.37. The monoisotopic (exact) mass is 275 g/mol. The molecule has 0 fully saturated rings. The Balaban J connectivity index is 2.72. The minimum absolute atomic E-state index is 0.323. The second-order valence-corrected chi connectivity index (χ2v) is 3.52. The third-order valence-electron chi connectivity index (χ3n) is 2.17. The number of nitrogens with one attached hydrogen (secondary N) is 3. The molecule has 8 heteroatoms. The second-order valence-electron chi connectivity index (χ2n) is 3.52. The molecule has 104 valence electrons. The van der Waals surface area contributed by atoms with E-state index in [9.17, 15) is 22.8 Å². The van der Waals surface area contributed by atoms with Crippen molar-refractivity contribution in [1.82, 2.24) is 10.6 Å². The number of hydrogen-bond donors (Lipinski definition) is 3. The van der Waals surface area contributed by atoms with Crippen molar-refractivity contribution in [3.8, 4) is 0 Å². The number of anilines is 1. The van der Waals surface area contributed by atoms with E-state index in [1.807, 2.05) is 5.32 Å². The quantitative estimate of drug-likeness (QED) is 0.783. The van der Waals surface area contributed by atoms with Crippen molar-refractivity contribution in [1.29, 1.82) is 0 Å². The van der Waals surface area contributed by atoms with Crippen LogP contribution in [0, 0.1) is 0 Å². The summed E-state index contributed by atoms with van der Waals surface area (Å²) >= 11 is 0. The maximum Gasteiger partial charge on any atom is 0.418 e. The molecule has 3 N–H and O–H groups in total. The van der Waals surface area contributed by atoms with E-state index in [1.165, 1.54) is 19.2 Å². The van der Waals surface area contributed by atoms with Crippen LogP contribution in [0.5, 0.6) is 0 Å². The van der Waals surface area contributed by atoms with Crippen LogP contribution in [-0.4, -0.2) is 25.5 Å². The Morgan fingerprint density at radius 2 is 1.84 bits per heavy atom. The predicted octanol–water partition coefficient (Wildman–Crippen LogP) is 1.57. The highest BCUT2D eigenvalue weighted by Crippen LogP contribution is 2.34. The molecule has 0 spiro atoms. The van der Waals surface area contributed by atoms with Gasteiger partial charge >= 0.3 is 12.2 Å². The number of halogens is 3. The van der Waals surface area contributed by atoms with Crippen LogP contribution in [0.4, 0.5) is 23.7 Å². The normalized spacial score (nSPS) is 10.7. The van der Waals surface area contributed by atoms with Crippen LogP contribution >= 0.6 is 0 Å². The lowest BCUT2D eigenvalue weighted by molar-refractivity contribution is -0.137. The molecule has 1 aromatic rings. The number of hydrogen-bond acceptors (Lipinski definition) is 2. The third-order valence-corrected chi connectivity index (χ3v) is 2.17. The fraction of sp³-hybridized carbons (Fsp3) is 0.273. The minimum atomic E-state index is -4.56. The number of para-hydroxylation sites is 1. The number of carbonyl (C=O) groups is 2. The average molecular weight is 275 g/mol. The molecule has 0 aliphatic heterocycles. The molecular weight excluding hydrogens is 263 g/mol. The first kappa shape index (κ1) is 14.8. The highest BCUT2D eigenvalue weighted by molar-refractivity contribution is 5.92. The van der Waals surface area contributed by atoms with E-state index in [4.69, 9.17) is 0 Å². The van der Waals surface area contributed by atoms with Crippen molar-refractivity contribution in [3.63, 3.8) is 0 Å². The van der Waals surface area contributed by atoms with Gasteiger partial charge in [-0.1, -0.05) is 12.1 Å². The van der Waals surface area contributed by atoms with E-state index < -0.39 is 23.7 Å². The first-order valence-corrected chi connectivity index (χ1v) is 5.26. The van der Waals surface area contributed by atoms with Gasteiger partial charge < -0.3 is 16.0 Å². The Morgan fingerprint density at radius 3 is 2.42 bits per heavy atom. The Kier molecular flexibility index (Phi) is 4.74. The zero-order chi connectivity index (χ0) is 14.5. The first-order chi connectivity index (χ1) is 8.84. The molecule has 0 heterocycles. The Labute approximate surface area is 107 Å². The largest absolute Gasteiger partial charge is 0.418 e. The van der Waals surface area contributed by atoms with Gasteiger partial charge in [-0.15, -0.1) is 0 Å². The van der Waals surface area contributed by atoms with Crippen LogP contribution in [-0.2, 0) is 11.0 Å². The summed E-state index contributed by atoms with van der Waals surface area (Å²) in [5, 5.41) is 6.44. The number of rotatable bonds is 3. The number of alkyl halides is 3. The number of carbonyl (C=O) groups excluding carboxylic acids is 2. The number of urea groups is 1. The second kappa shape index (κ2) is 6.07. The lowest BCUT2D eigenvalue weighted by atomic mass is 10.1. The standard InChI is InChI=1S/C11H12F3N3O2/c1-15-9(18)6-16-10(19)17-8-5-3-2-4-7(8)11(12,13)14/h2-5H,6H2,1H3,(H,15,18)(H2,16,17,19). The highest BCUT2D eigenvalue weighted by atomic mass is 19.4. The van der Waals surface area contributed by atoms with Gasteiger partial charge in [-0.05, 0) is 12.1 Å². The molecular formula is C11H12F3N3O2. The predicted molar refractivity (Wildman–Crippen MR) is 62.5 cm³/mol. The molecule has 0 atom stereocenters.